The standard InChI is InChI=1S/C25H26.2ClH.Zr/c1-16-12-22-23(13-16)25(4,15-24(22,2)3)21-11-7-10-19-18-9-6-5-8-17(18)14-20(19)21;;;/h5-13,23H,14-15H2,1-4H3;2*1H;/q;;;+2/p-2. The van der Waals surface area contributed by atoms with E-state index >= 15 is 0 Å². The van der Waals surface area contributed by atoms with E-state index in [-0.39, 0.29) is 61.8 Å². The second kappa shape index (κ2) is 7.90. The molecule has 2 atom stereocenters. The fourth-order valence-electron chi connectivity index (χ4n) is 5.96. The van der Waals surface area contributed by atoms with Crippen molar-refractivity contribution in [1.82, 2.24) is 0 Å². The summed E-state index contributed by atoms with van der Waals surface area (Å²) in [6.07, 6.45) is 7.29. The van der Waals surface area contributed by atoms with Crippen molar-refractivity contribution in [3.05, 3.63) is 82.5 Å². The number of hydrogen-bond donors (Lipinski definition) is 0. The molecule has 144 valence electrons. The molecule has 3 aliphatic carbocycles. The van der Waals surface area contributed by atoms with Gasteiger partial charge in [-0.15, -0.1) is 0 Å². The van der Waals surface area contributed by atoms with Gasteiger partial charge in [-0.25, -0.2) is 0 Å². The fraction of sp³-hybridized carbons (Fsp3) is 0.360. The maximum Gasteiger partial charge on any atom is 2.00 e. The molecule has 0 bridgehead atoms. The first kappa shape index (κ1) is 23.7. The molecule has 2 unspecified atom stereocenters. The molecule has 3 aliphatic rings. The molecule has 1 saturated carbocycles. The van der Waals surface area contributed by atoms with Crippen LogP contribution in [0.5, 0.6) is 0 Å². The Labute approximate surface area is 200 Å². The third-order valence-corrected chi connectivity index (χ3v) is 6.89. The molecule has 0 spiro atoms. The van der Waals surface area contributed by atoms with Crippen LogP contribution in [0.3, 0.4) is 0 Å². The largest absolute Gasteiger partial charge is 2.00 e. The average molecular weight is 489 g/mol. The minimum atomic E-state index is 0. The van der Waals surface area contributed by atoms with Crippen LogP contribution in [0, 0.1) is 11.3 Å². The third-order valence-electron chi connectivity index (χ3n) is 6.89. The van der Waals surface area contributed by atoms with Gasteiger partial charge in [-0.05, 0) is 53.0 Å². The number of benzene rings is 2. The minimum Gasteiger partial charge on any atom is -1.00 e. The van der Waals surface area contributed by atoms with Crippen molar-refractivity contribution in [1.29, 1.82) is 0 Å². The Balaban J connectivity index is 0.000000934. The molecule has 0 N–H and O–H groups in total. The van der Waals surface area contributed by atoms with Gasteiger partial charge < -0.3 is 24.8 Å². The van der Waals surface area contributed by atoms with Crippen molar-refractivity contribution in [2.45, 2.75) is 46.0 Å². The molecule has 0 aromatic heterocycles. The summed E-state index contributed by atoms with van der Waals surface area (Å²) in [6.45, 7) is 9.63. The first-order valence-corrected chi connectivity index (χ1v) is 9.51. The van der Waals surface area contributed by atoms with Gasteiger partial charge in [-0.3, -0.25) is 0 Å². The summed E-state index contributed by atoms with van der Waals surface area (Å²) in [7, 11) is 0. The summed E-state index contributed by atoms with van der Waals surface area (Å²) in [5.74, 6) is 0.553. The molecule has 0 radical (unpaired) electrons. The number of halogens is 2. The maximum absolute atomic E-state index is 2.52. The van der Waals surface area contributed by atoms with Gasteiger partial charge in [0.05, 0.1) is 0 Å². The molecule has 0 aliphatic heterocycles. The summed E-state index contributed by atoms with van der Waals surface area (Å²) in [6, 6.07) is 15.9. The molecule has 1 fully saturated rings. The van der Waals surface area contributed by atoms with E-state index in [9.17, 15) is 0 Å². The Morgan fingerprint density at radius 2 is 1.57 bits per heavy atom. The summed E-state index contributed by atoms with van der Waals surface area (Å²) in [4.78, 5) is 0. The Bertz CT molecular complexity index is 970. The zero-order chi connectivity index (χ0) is 17.4. The second-order valence-electron chi connectivity index (χ2n) is 9.13. The molecule has 5 rings (SSSR count). The monoisotopic (exact) mass is 486 g/mol. The van der Waals surface area contributed by atoms with Crippen molar-refractivity contribution in [3.8, 4) is 11.1 Å². The Hall–Kier alpha value is -0.617. The van der Waals surface area contributed by atoms with Gasteiger partial charge in [0.15, 0.2) is 0 Å². The first-order chi connectivity index (χ1) is 11.9. The van der Waals surface area contributed by atoms with E-state index in [1.165, 1.54) is 28.7 Å². The molecule has 0 saturated heterocycles. The van der Waals surface area contributed by atoms with Crippen LogP contribution in [-0.2, 0) is 38.0 Å². The number of allylic oxidation sites excluding steroid dienone is 4. The zero-order valence-corrected chi connectivity index (χ0v) is 20.9. The van der Waals surface area contributed by atoms with Gasteiger partial charge in [0.25, 0.3) is 0 Å². The van der Waals surface area contributed by atoms with Crippen LogP contribution in [0.25, 0.3) is 11.1 Å². The molecule has 0 heterocycles. The molecule has 0 amide bonds. The summed E-state index contributed by atoms with van der Waals surface area (Å²) >= 11 is 0. The van der Waals surface area contributed by atoms with Gasteiger partial charge in [-0.1, -0.05) is 86.5 Å². The van der Waals surface area contributed by atoms with Crippen LogP contribution in [0.4, 0.5) is 0 Å². The smallest absolute Gasteiger partial charge is 1.00 e. The number of fused-ring (bicyclic) bond motifs is 4. The summed E-state index contributed by atoms with van der Waals surface area (Å²) in [5, 5.41) is 0. The summed E-state index contributed by atoms with van der Waals surface area (Å²) < 4.78 is 0. The van der Waals surface area contributed by atoms with Crippen molar-refractivity contribution in [3.63, 3.8) is 0 Å². The zero-order valence-electron chi connectivity index (χ0n) is 16.9. The van der Waals surface area contributed by atoms with Gasteiger partial charge in [-0.2, -0.15) is 0 Å². The summed E-state index contributed by atoms with van der Waals surface area (Å²) in [5.41, 5.74) is 11.1. The van der Waals surface area contributed by atoms with Crippen molar-refractivity contribution in [2.75, 3.05) is 0 Å². The van der Waals surface area contributed by atoms with E-state index in [2.05, 4.69) is 82.3 Å². The van der Waals surface area contributed by atoms with Crippen LogP contribution in [0.2, 0.25) is 0 Å². The van der Waals surface area contributed by atoms with Crippen molar-refractivity contribution in [2.24, 2.45) is 11.3 Å². The van der Waals surface area contributed by atoms with Crippen LogP contribution in [0.1, 0.15) is 50.8 Å². The normalized spacial score (nSPS) is 25.2. The topological polar surface area (TPSA) is 0 Å². The van der Waals surface area contributed by atoms with E-state index in [1.807, 2.05) is 0 Å². The molecule has 28 heavy (non-hydrogen) atoms. The Morgan fingerprint density at radius 3 is 2.32 bits per heavy atom. The predicted molar refractivity (Wildman–Crippen MR) is 106 cm³/mol. The van der Waals surface area contributed by atoms with Gasteiger partial charge in [0, 0.05) is 11.3 Å². The quantitative estimate of drug-likeness (QED) is 0.467. The number of rotatable bonds is 1. The third kappa shape index (κ3) is 3.23. The van der Waals surface area contributed by atoms with Crippen LogP contribution in [0.15, 0.2) is 65.8 Å². The SMILES string of the molecule is CC1=CC2C(=C1)C(C)(C)CC2(C)c1cccc2c1Cc1ccccc1-2.[Cl-].[Cl-].[Zr+2]. The van der Waals surface area contributed by atoms with Crippen LogP contribution in [-0.4, -0.2) is 0 Å². The molecule has 0 nitrogen and oxygen atoms in total. The van der Waals surface area contributed by atoms with E-state index in [0.717, 1.165) is 6.42 Å². The Morgan fingerprint density at radius 1 is 0.893 bits per heavy atom. The van der Waals surface area contributed by atoms with E-state index < -0.39 is 0 Å². The molecule has 3 heteroatoms. The second-order valence-corrected chi connectivity index (χ2v) is 9.13. The number of hydrogen-bond acceptors (Lipinski definition) is 0. The van der Waals surface area contributed by atoms with E-state index in [4.69, 9.17) is 0 Å². The molecule has 2 aromatic rings. The minimum absolute atomic E-state index is 0. The van der Waals surface area contributed by atoms with Crippen molar-refractivity contribution >= 4 is 0 Å². The fourth-order valence-corrected chi connectivity index (χ4v) is 5.96. The first-order valence-electron chi connectivity index (χ1n) is 9.51. The maximum atomic E-state index is 2.52. The van der Waals surface area contributed by atoms with Crippen LogP contribution < -0.4 is 24.8 Å². The van der Waals surface area contributed by atoms with Gasteiger partial charge >= 0.3 is 26.2 Å². The predicted octanol–water partition coefficient (Wildman–Crippen LogP) is 0.453. The van der Waals surface area contributed by atoms with Crippen LogP contribution >= 0.6 is 0 Å². The Kier molecular flexibility index (Phi) is 6.68. The molecule has 2 aromatic carbocycles. The van der Waals surface area contributed by atoms with Gasteiger partial charge in [0.2, 0.25) is 0 Å². The molecular formula is C25H26Cl2Zr. The average Bonchev–Trinajstić information content (AvgIpc) is 3.19. The van der Waals surface area contributed by atoms with E-state index in [1.54, 1.807) is 16.7 Å². The van der Waals surface area contributed by atoms with Crippen molar-refractivity contribution < 1.29 is 51.0 Å². The molecular weight excluding hydrogens is 462 g/mol. The van der Waals surface area contributed by atoms with Gasteiger partial charge in [0.1, 0.15) is 0 Å². The van der Waals surface area contributed by atoms with E-state index in [0.29, 0.717) is 5.92 Å².